The molecule has 0 heterocycles. The molecule has 0 bridgehead atoms. The molecule has 0 amide bonds. The summed E-state index contributed by atoms with van der Waals surface area (Å²) in [4.78, 5) is 0. The molecule has 2 N–H and O–H groups in total. The van der Waals surface area contributed by atoms with Gasteiger partial charge < -0.3 is 10.5 Å². The van der Waals surface area contributed by atoms with Crippen LogP contribution in [0.1, 0.15) is 25.3 Å². The molecule has 0 spiro atoms. The van der Waals surface area contributed by atoms with Crippen LogP contribution in [0.4, 0.5) is 13.2 Å². The minimum absolute atomic E-state index is 0.121. The van der Waals surface area contributed by atoms with Crippen molar-refractivity contribution in [1.82, 2.24) is 0 Å². The van der Waals surface area contributed by atoms with Gasteiger partial charge in [0.15, 0.2) is 0 Å². The minimum atomic E-state index is -4.38. The normalized spacial score (nSPS) is 13.5. The quantitative estimate of drug-likeness (QED) is 0.867. The van der Waals surface area contributed by atoms with Crippen LogP contribution >= 0.6 is 0 Å². The van der Waals surface area contributed by atoms with E-state index in [1.54, 1.807) is 6.92 Å². The lowest BCUT2D eigenvalue weighted by molar-refractivity contribution is -0.139. The summed E-state index contributed by atoms with van der Waals surface area (Å²) in [5, 5.41) is 0. The Morgan fingerprint density at radius 1 is 1.29 bits per heavy atom. The van der Waals surface area contributed by atoms with Gasteiger partial charge in [-0.1, -0.05) is 12.1 Å². The van der Waals surface area contributed by atoms with Crippen molar-refractivity contribution >= 4 is 0 Å². The van der Waals surface area contributed by atoms with Crippen molar-refractivity contribution in [1.29, 1.82) is 0 Å². The fraction of sp³-hybridized carbons (Fsp3) is 0.500. The van der Waals surface area contributed by atoms with Gasteiger partial charge in [-0.25, -0.2) is 0 Å². The van der Waals surface area contributed by atoms with Crippen LogP contribution in [0.2, 0.25) is 0 Å². The lowest BCUT2D eigenvalue weighted by Crippen LogP contribution is -2.17. The molecule has 17 heavy (non-hydrogen) atoms. The van der Waals surface area contributed by atoms with E-state index in [0.717, 1.165) is 12.5 Å². The van der Waals surface area contributed by atoms with E-state index in [0.29, 0.717) is 13.0 Å². The third kappa shape index (κ3) is 4.26. The van der Waals surface area contributed by atoms with Crippen molar-refractivity contribution in [3.8, 4) is 5.75 Å². The third-order valence-corrected chi connectivity index (χ3v) is 2.34. The number of hydrogen-bond acceptors (Lipinski definition) is 2. The van der Waals surface area contributed by atoms with E-state index in [-0.39, 0.29) is 11.9 Å². The molecule has 1 aromatic carbocycles. The molecule has 5 heteroatoms. The highest BCUT2D eigenvalue weighted by molar-refractivity contribution is 5.35. The first-order valence-corrected chi connectivity index (χ1v) is 5.48. The molecule has 2 nitrogen and oxygen atoms in total. The maximum atomic E-state index is 12.7. The summed E-state index contributed by atoms with van der Waals surface area (Å²) in [7, 11) is 0. The molecule has 0 radical (unpaired) electrons. The number of hydrogen-bond donors (Lipinski definition) is 1. The predicted octanol–water partition coefficient (Wildman–Crippen LogP) is 3.21. The van der Waals surface area contributed by atoms with Gasteiger partial charge >= 0.3 is 6.18 Å². The summed E-state index contributed by atoms with van der Waals surface area (Å²) < 4.78 is 43.3. The third-order valence-electron chi connectivity index (χ3n) is 2.34. The van der Waals surface area contributed by atoms with Gasteiger partial charge in [0.1, 0.15) is 5.75 Å². The van der Waals surface area contributed by atoms with E-state index in [9.17, 15) is 13.2 Å². The van der Waals surface area contributed by atoms with Crippen LogP contribution < -0.4 is 10.5 Å². The first-order valence-electron chi connectivity index (χ1n) is 5.48. The first kappa shape index (κ1) is 13.8. The fourth-order valence-electron chi connectivity index (χ4n) is 1.48. The van der Waals surface area contributed by atoms with Gasteiger partial charge in [-0.05, 0) is 38.4 Å². The predicted molar refractivity (Wildman–Crippen MR) is 59.8 cm³/mol. The molecule has 0 aliphatic rings. The standard InChI is InChI=1S/C12H16F3NO/c1-9(5-4-8-16)17-11-7-3-2-6-10(11)12(13,14)15/h2-3,6-7,9H,4-5,8,16H2,1H3. The highest BCUT2D eigenvalue weighted by Gasteiger charge is 2.34. The smallest absolute Gasteiger partial charge is 0.419 e. The molecule has 0 aromatic heterocycles. The first-order chi connectivity index (χ1) is 7.95. The average Bonchev–Trinajstić information content (AvgIpc) is 2.25. The van der Waals surface area contributed by atoms with Crippen molar-refractivity contribution in [3.05, 3.63) is 29.8 Å². The molecule has 0 fully saturated rings. The van der Waals surface area contributed by atoms with Gasteiger partial charge in [0.25, 0.3) is 0 Å². The number of alkyl halides is 3. The lowest BCUT2D eigenvalue weighted by atomic mass is 10.2. The SMILES string of the molecule is CC(CCCN)Oc1ccccc1C(F)(F)F. The van der Waals surface area contributed by atoms with Crippen LogP contribution in [-0.2, 0) is 6.18 Å². The molecule has 0 saturated carbocycles. The monoisotopic (exact) mass is 247 g/mol. The van der Waals surface area contributed by atoms with Crippen LogP contribution in [0.3, 0.4) is 0 Å². The van der Waals surface area contributed by atoms with E-state index in [1.165, 1.54) is 18.2 Å². The van der Waals surface area contributed by atoms with Crippen molar-refractivity contribution in [3.63, 3.8) is 0 Å². The number of para-hydroxylation sites is 1. The average molecular weight is 247 g/mol. The Morgan fingerprint density at radius 3 is 2.53 bits per heavy atom. The molecular weight excluding hydrogens is 231 g/mol. The minimum Gasteiger partial charge on any atom is -0.490 e. The summed E-state index contributed by atoms with van der Waals surface area (Å²) in [6, 6.07) is 5.23. The maximum Gasteiger partial charge on any atom is 0.419 e. The second-order valence-corrected chi connectivity index (χ2v) is 3.85. The molecule has 1 unspecified atom stereocenters. The van der Waals surface area contributed by atoms with Gasteiger partial charge in [0.05, 0.1) is 11.7 Å². The summed E-state index contributed by atoms with van der Waals surface area (Å²) in [5.41, 5.74) is 4.60. The van der Waals surface area contributed by atoms with Crippen LogP contribution in [-0.4, -0.2) is 12.6 Å². The molecule has 1 aromatic rings. The van der Waals surface area contributed by atoms with Crippen LogP contribution in [0.15, 0.2) is 24.3 Å². The Labute approximate surface area is 98.6 Å². The number of benzene rings is 1. The Hall–Kier alpha value is -1.23. The van der Waals surface area contributed by atoms with Crippen molar-refractivity contribution in [2.75, 3.05) is 6.54 Å². The molecule has 1 rings (SSSR count). The molecule has 0 aliphatic heterocycles. The Kier molecular flexibility index (Phi) is 4.81. The van der Waals surface area contributed by atoms with E-state index < -0.39 is 11.7 Å². The molecular formula is C12H16F3NO. The number of rotatable bonds is 5. The van der Waals surface area contributed by atoms with Crippen molar-refractivity contribution in [2.45, 2.75) is 32.0 Å². The number of halogens is 3. The fourth-order valence-corrected chi connectivity index (χ4v) is 1.48. The van der Waals surface area contributed by atoms with Gasteiger partial charge in [0, 0.05) is 0 Å². The highest BCUT2D eigenvalue weighted by atomic mass is 19.4. The second kappa shape index (κ2) is 5.91. The van der Waals surface area contributed by atoms with Gasteiger partial charge in [0.2, 0.25) is 0 Å². The molecule has 0 saturated heterocycles. The number of ether oxygens (including phenoxy) is 1. The summed E-state index contributed by atoms with van der Waals surface area (Å²) in [6.45, 7) is 2.25. The second-order valence-electron chi connectivity index (χ2n) is 3.85. The van der Waals surface area contributed by atoms with Crippen LogP contribution in [0, 0.1) is 0 Å². The zero-order valence-corrected chi connectivity index (χ0v) is 9.63. The Morgan fingerprint density at radius 2 is 1.94 bits per heavy atom. The van der Waals surface area contributed by atoms with Crippen LogP contribution in [0.25, 0.3) is 0 Å². The largest absolute Gasteiger partial charge is 0.490 e. The van der Waals surface area contributed by atoms with E-state index >= 15 is 0 Å². The lowest BCUT2D eigenvalue weighted by Gasteiger charge is -2.18. The van der Waals surface area contributed by atoms with E-state index in [1.807, 2.05) is 0 Å². The summed E-state index contributed by atoms with van der Waals surface area (Å²) >= 11 is 0. The zero-order chi connectivity index (χ0) is 12.9. The van der Waals surface area contributed by atoms with E-state index in [2.05, 4.69) is 0 Å². The highest BCUT2D eigenvalue weighted by Crippen LogP contribution is 2.36. The van der Waals surface area contributed by atoms with Gasteiger partial charge in [-0.2, -0.15) is 13.2 Å². The topological polar surface area (TPSA) is 35.2 Å². The summed E-state index contributed by atoms with van der Waals surface area (Å²) in [6.07, 6.45) is -3.29. The van der Waals surface area contributed by atoms with Crippen molar-refractivity contribution in [2.24, 2.45) is 5.73 Å². The number of nitrogens with two attached hydrogens (primary N) is 1. The van der Waals surface area contributed by atoms with Gasteiger partial charge in [-0.3, -0.25) is 0 Å². The van der Waals surface area contributed by atoms with Crippen molar-refractivity contribution < 1.29 is 17.9 Å². The Balaban J connectivity index is 2.77. The summed E-state index contributed by atoms with van der Waals surface area (Å²) in [5.74, 6) is -0.121. The van der Waals surface area contributed by atoms with Gasteiger partial charge in [-0.15, -0.1) is 0 Å². The zero-order valence-electron chi connectivity index (χ0n) is 9.63. The Bertz CT molecular complexity index is 352. The van der Waals surface area contributed by atoms with Crippen LogP contribution in [0.5, 0.6) is 5.75 Å². The maximum absolute atomic E-state index is 12.7. The molecule has 1 atom stereocenters. The molecule has 96 valence electrons. The molecule has 0 aliphatic carbocycles. The van der Waals surface area contributed by atoms with E-state index in [4.69, 9.17) is 10.5 Å².